The van der Waals surface area contributed by atoms with Crippen LogP contribution in [-0.2, 0) is 21.2 Å². The molecule has 0 saturated heterocycles. The quantitative estimate of drug-likeness (QED) is 0.357. The predicted molar refractivity (Wildman–Crippen MR) is 126 cm³/mol. The van der Waals surface area contributed by atoms with E-state index in [0.29, 0.717) is 25.1 Å². The number of nitrogens with one attached hydrogen (secondary N) is 2. The van der Waals surface area contributed by atoms with E-state index in [2.05, 4.69) is 29.3 Å². The van der Waals surface area contributed by atoms with Gasteiger partial charge in [0.05, 0.1) is 4.90 Å². The molecular weight excluding hydrogens is 426 g/mol. The first-order valence-corrected chi connectivity index (χ1v) is 12.1. The largest absolute Gasteiger partial charge is 0.353 e. The lowest BCUT2D eigenvalue weighted by Gasteiger charge is -2.17. The van der Waals surface area contributed by atoms with Crippen LogP contribution in [0, 0.1) is 0 Å². The van der Waals surface area contributed by atoms with Crippen LogP contribution in [0.15, 0.2) is 72.1 Å². The topological polar surface area (TPSA) is 95.6 Å². The average Bonchev–Trinajstić information content (AvgIpc) is 2.81. The summed E-state index contributed by atoms with van der Waals surface area (Å²) in [6.45, 7) is 4.54. The van der Waals surface area contributed by atoms with Crippen molar-refractivity contribution >= 4 is 21.8 Å². The van der Waals surface area contributed by atoms with Crippen molar-refractivity contribution in [1.82, 2.24) is 14.9 Å². The van der Waals surface area contributed by atoms with Gasteiger partial charge in [-0.1, -0.05) is 36.9 Å². The van der Waals surface area contributed by atoms with Gasteiger partial charge in [0.1, 0.15) is 0 Å². The number of unbranched alkanes of at least 4 members (excludes halogenated alkanes) is 1. The number of benzene rings is 2. The number of rotatable bonds is 13. The fraction of sp³-hybridized carbons (Fsp3) is 0.333. The molecule has 0 aliphatic rings. The minimum Gasteiger partial charge on any atom is -0.353 e. The summed E-state index contributed by atoms with van der Waals surface area (Å²) >= 11 is 0. The molecule has 0 aliphatic carbocycles. The lowest BCUT2D eigenvalue weighted by Crippen LogP contribution is -2.31. The molecule has 0 spiro atoms. The summed E-state index contributed by atoms with van der Waals surface area (Å²) in [5.41, 5.74) is 1.70. The predicted octanol–water partition coefficient (Wildman–Crippen LogP) is 2.75. The summed E-state index contributed by atoms with van der Waals surface area (Å²) in [5.74, 6) is -0.513. The van der Waals surface area contributed by atoms with Crippen LogP contribution in [0.25, 0.3) is 0 Å². The van der Waals surface area contributed by atoms with E-state index < -0.39 is 10.0 Å². The Hall–Kier alpha value is -2.97. The smallest absolute Gasteiger partial charge is 0.251 e. The monoisotopic (exact) mass is 457 g/mol. The first-order chi connectivity index (χ1) is 15.3. The molecule has 2 aromatic rings. The normalized spacial score (nSPS) is 11.2. The summed E-state index contributed by atoms with van der Waals surface area (Å²) < 4.78 is 26.6. The van der Waals surface area contributed by atoms with E-state index in [0.717, 1.165) is 19.3 Å². The number of carbonyl (C=O) groups is 2. The number of sulfonamides is 1. The van der Waals surface area contributed by atoms with E-state index in [4.69, 9.17) is 0 Å². The van der Waals surface area contributed by atoms with Gasteiger partial charge in [0, 0.05) is 32.2 Å². The summed E-state index contributed by atoms with van der Waals surface area (Å²) in [6, 6.07) is 16.1. The van der Waals surface area contributed by atoms with Crippen molar-refractivity contribution in [3.8, 4) is 0 Å². The zero-order valence-electron chi connectivity index (χ0n) is 18.4. The number of hydrogen-bond donors (Lipinski definition) is 2. The summed E-state index contributed by atoms with van der Waals surface area (Å²) in [5, 5.41) is 5.48. The summed E-state index contributed by atoms with van der Waals surface area (Å²) in [4.78, 5) is 23.6. The van der Waals surface area contributed by atoms with Crippen LogP contribution < -0.4 is 10.6 Å². The number of aryl methyl sites for hydroxylation is 1. The standard InChI is InChI=1S/C24H31N3O4S/c1-3-23(28)25-18-9-19-27(2)32(30,31)22-15-13-21(14-16-22)24(29)26-17-8-7-12-20-10-5-4-6-11-20/h3-6,10-11,13-16H,1,7-9,12,17-19H2,2H3,(H,25,28)(H,26,29). The molecule has 172 valence electrons. The number of carbonyl (C=O) groups excluding carboxylic acids is 2. The fourth-order valence-electron chi connectivity index (χ4n) is 3.07. The van der Waals surface area contributed by atoms with E-state index in [1.807, 2.05) is 18.2 Å². The van der Waals surface area contributed by atoms with Gasteiger partial charge >= 0.3 is 0 Å². The maximum Gasteiger partial charge on any atom is 0.251 e. The van der Waals surface area contributed by atoms with Gasteiger partial charge in [-0.15, -0.1) is 0 Å². The molecular formula is C24H31N3O4S. The summed E-state index contributed by atoms with van der Waals surface area (Å²) in [7, 11) is -2.18. The number of amides is 2. The molecule has 0 atom stereocenters. The van der Waals surface area contributed by atoms with E-state index in [9.17, 15) is 18.0 Å². The Morgan fingerprint density at radius 2 is 1.59 bits per heavy atom. The van der Waals surface area contributed by atoms with Gasteiger partial charge in [-0.2, -0.15) is 0 Å². The van der Waals surface area contributed by atoms with Gasteiger partial charge in [-0.25, -0.2) is 12.7 Å². The summed E-state index contributed by atoms with van der Waals surface area (Å²) in [6.07, 6.45) is 4.45. The SMILES string of the molecule is C=CC(=O)NCCCN(C)S(=O)(=O)c1ccc(C(=O)NCCCCc2ccccc2)cc1. The van der Waals surface area contributed by atoms with Crippen molar-refractivity contribution in [3.63, 3.8) is 0 Å². The molecule has 0 aromatic heterocycles. The van der Waals surface area contributed by atoms with Gasteiger partial charge in [0.2, 0.25) is 15.9 Å². The van der Waals surface area contributed by atoms with Crippen LogP contribution in [0.3, 0.4) is 0 Å². The molecule has 2 aromatic carbocycles. The Morgan fingerprint density at radius 3 is 2.25 bits per heavy atom. The molecule has 0 saturated carbocycles. The Kier molecular flexibility index (Phi) is 10.1. The third kappa shape index (κ3) is 7.94. The second kappa shape index (κ2) is 12.8. The molecule has 32 heavy (non-hydrogen) atoms. The molecule has 2 N–H and O–H groups in total. The molecule has 2 amide bonds. The van der Waals surface area contributed by atoms with Crippen molar-refractivity contribution < 1.29 is 18.0 Å². The maximum absolute atomic E-state index is 12.7. The minimum absolute atomic E-state index is 0.120. The Labute approximate surface area is 190 Å². The second-order valence-electron chi connectivity index (χ2n) is 7.40. The van der Waals surface area contributed by atoms with Gasteiger partial charge in [0.15, 0.2) is 0 Å². The number of hydrogen-bond acceptors (Lipinski definition) is 4. The lowest BCUT2D eigenvalue weighted by molar-refractivity contribution is -0.116. The average molecular weight is 458 g/mol. The molecule has 7 nitrogen and oxygen atoms in total. The van der Waals surface area contributed by atoms with Crippen molar-refractivity contribution in [1.29, 1.82) is 0 Å². The second-order valence-corrected chi connectivity index (χ2v) is 9.44. The highest BCUT2D eigenvalue weighted by Crippen LogP contribution is 2.15. The maximum atomic E-state index is 12.7. The van der Waals surface area contributed by atoms with Crippen LogP contribution >= 0.6 is 0 Å². The highest BCUT2D eigenvalue weighted by molar-refractivity contribution is 7.89. The fourth-order valence-corrected chi connectivity index (χ4v) is 4.28. The molecule has 0 bridgehead atoms. The molecule has 8 heteroatoms. The Bertz CT molecular complexity index is 990. The lowest BCUT2D eigenvalue weighted by atomic mass is 10.1. The number of nitrogens with zero attached hydrogens (tertiary/aromatic N) is 1. The van der Waals surface area contributed by atoms with Gasteiger partial charge in [0.25, 0.3) is 5.91 Å². The third-order valence-corrected chi connectivity index (χ3v) is 6.85. The minimum atomic E-state index is -3.67. The van der Waals surface area contributed by atoms with Crippen molar-refractivity contribution in [2.75, 3.05) is 26.7 Å². The molecule has 0 radical (unpaired) electrons. The van der Waals surface area contributed by atoms with Crippen LogP contribution in [0.4, 0.5) is 0 Å². The van der Waals surface area contributed by atoms with Gasteiger partial charge in [-0.3, -0.25) is 9.59 Å². The first-order valence-electron chi connectivity index (χ1n) is 10.6. The van der Waals surface area contributed by atoms with E-state index in [-0.39, 0.29) is 23.3 Å². The highest BCUT2D eigenvalue weighted by Gasteiger charge is 2.20. The van der Waals surface area contributed by atoms with Crippen molar-refractivity contribution in [3.05, 3.63) is 78.4 Å². The Morgan fingerprint density at radius 1 is 0.938 bits per heavy atom. The first kappa shape index (κ1) is 25.3. The Balaban J connectivity index is 1.78. The van der Waals surface area contributed by atoms with Gasteiger partial charge in [-0.05, 0) is 61.6 Å². The van der Waals surface area contributed by atoms with Crippen LogP contribution in [0.5, 0.6) is 0 Å². The molecule has 0 unspecified atom stereocenters. The molecule has 0 heterocycles. The van der Waals surface area contributed by atoms with Crippen LogP contribution in [0.1, 0.15) is 35.2 Å². The van der Waals surface area contributed by atoms with Crippen molar-refractivity contribution in [2.24, 2.45) is 0 Å². The van der Waals surface area contributed by atoms with Crippen molar-refractivity contribution in [2.45, 2.75) is 30.6 Å². The van der Waals surface area contributed by atoms with Crippen LogP contribution in [0.2, 0.25) is 0 Å². The zero-order chi connectivity index (χ0) is 23.4. The molecule has 2 rings (SSSR count). The van der Waals surface area contributed by atoms with E-state index in [1.54, 1.807) is 0 Å². The van der Waals surface area contributed by atoms with Crippen LogP contribution in [-0.4, -0.2) is 51.2 Å². The zero-order valence-corrected chi connectivity index (χ0v) is 19.2. The third-order valence-electron chi connectivity index (χ3n) is 4.98. The van der Waals surface area contributed by atoms with Gasteiger partial charge < -0.3 is 10.6 Å². The molecule has 0 fully saturated rings. The molecule has 0 aliphatic heterocycles. The van der Waals surface area contributed by atoms with E-state index >= 15 is 0 Å². The van der Waals surface area contributed by atoms with E-state index in [1.165, 1.54) is 47.3 Å². The highest BCUT2D eigenvalue weighted by atomic mass is 32.2.